The number of amides is 1. The van der Waals surface area contributed by atoms with Gasteiger partial charge in [-0.1, -0.05) is 31.5 Å². The average Bonchev–Trinajstić information content (AvgIpc) is 2.33. The third kappa shape index (κ3) is 5.00. The molecule has 0 unspecified atom stereocenters. The molecule has 0 saturated heterocycles. The zero-order chi connectivity index (χ0) is 12.7. The Balaban J connectivity index is 2.37. The van der Waals surface area contributed by atoms with Gasteiger partial charge in [0.15, 0.2) is 0 Å². The molecule has 0 atom stereocenters. The molecule has 1 amide bonds. The van der Waals surface area contributed by atoms with Crippen LogP contribution in [0.2, 0.25) is 0 Å². The quantitative estimate of drug-likeness (QED) is 0.820. The molecule has 0 aliphatic rings. The number of carbonyl (C=O) groups excluding carboxylic acids is 1. The maximum atomic E-state index is 11.7. The fourth-order valence-corrected chi connectivity index (χ4v) is 1.66. The summed E-state index contributed by atoms with van der Waals surface area (Å²) in [5.74, 6) is 0.0840. The first kappa shape index (κ1) is 13.7. The first-order valence-electron chi connectivity index (χ1n) is 6.24. The third-order valence-corrected chi connectivity index (χ3v) is 2.88. The fourth-order valence-electron chi connectivity index (χ4n) is 1.66. The van der Waals surface area contributed by atoms with Crippen molar-refractivity contribution in [2.75, 3.05) is 25.0 Å². The van der Waals surface area contributed by atoms with Crippen molar-refractivity contribution in [2.45, 2.75) is 27.2 Å². The summed E-state index contributed by atoms with van der Waals surface area (Å²) in [7, 11) is 0. The Morgan fingerprint density at radius 3 is 2.29 bits per heavy atom. The summed E-state index contributed by atoms with van der Waals surface area (Å²) >= 11 is 0. The predicted molar refractivity (Wildman–Crippen MR) is 72.2 cm³/mol. The van der Waals surface area contributed by atoms with E-state index in [4.69, 9.17) is 0 Å². The van der Waals surface area contributed by atoms with Crippen LogP contribution in [0.5, 0.6) is 0 Å². The van der Waals surface area contributed by atoms with Gasteiger partial charge in [0.25, 0.3) is 0 Å². The Bertz CT molecular complexity index is 342. The second kappa shape index (κ2) is 7.07. The molecule has 3 nitrogen and oxygen atoms in total. The summed E-state index contributed by atoms with van der Waals surface area (Å²) in [5.41, 5.74) is 2.08. The molecule has 94 valence electrons. The van der Waals surface area contributed by atoms with E-state index in [9.17, 15) is 4.79 Å². The zero-order valence-corrected chi connectivity index (χ0v) is 11.0. The van der Waals surface area contributed by atoms with Gasteiger partial charge in [-0.2, -0.15) is 0 Å². The highest BCUT2D eigenvalue weighted by Gasteiger charge is 2.05. The van der Waals surface area contributed by atoms with Crippen molar-refractivity contribution in [3.05, 3.63) is 29.8 Å². The summed E-state index contributed by atoms with van der Waals surface area (Å²) in [4.78, 5) is 13.9. The van der Waals surface area contributed by atoms with Crippen molar-refractivity contribution in [2.24, 2.45) is 0 Å². The lowest BCUT2D eigenvalue weighted by Gasteiger charge is -2.17. The minimum atomic E-state index is 0.0840. The second-order valence-electron chi connectivity index (χ2n) is 4.19. The van der Waals surface area contributed by atoms with Crippen LogP contribution in [0.1, 0.15) is 25.8 Å². The van der Waals surface area contributed by atoms with Crippen LogP contribution in [0, 0.1) is 6.92 Å². The predicted octanol–water partition coefficient (Wildman–Crippen LogP) is 2.67. The van der Waals surface area contributed by atoms with Crippen molar-refractivity contribution >= 4 is 11.6 Å². The van der Waals surface area contributed by atoms with Crippen LogP contribution in [0.15, 0.2) is 24.3 Å². The Morgan fingerprint density at radius 1 is 1.18 bits per heavy atom. The molecule has 0 spiro atoms. The lowest BCUT2D eigenvalue weighted by Crippen LogP contribution is -2.27. The number of aryl methyl sites for hydroxylation is 1. The van der Waals surface area contributed by atoms with Crippen molar-refractivity contribution in [1.82, 2.24) is 4.90 Å². The Kier molecular flexibility index (Phi) is 5.70. The monoisotopic (exact) mass is 234 g/mol. The van der Waals surface area contributed by atoms with E-state index in [2.05, 4.69) is 24.1 Å². The highest BCUT2D eigenvalue weighted by molar-refractivity contribution is 5.90. The molecule has 0 bridgehead atoms. The van der Waals surface area contributed by atoms with E-state index in [0.29, 0.717) is 6.42 Å². The van der Waals surface area contributed by atoms with Crippen LogP contribution < -0.4 is 5.32 Å². The van der Waals surface area contributed by atoms with Crippen molar-refractivity contribution in [1.29, 1.82) is 0 Å². The molecule has 0 radical (unpaired) electrons. The Hall–Kier alpha value is -1.35. The van der Waals surface area contributed by atoms with Gasteiger partial charge in [-0.3, -0.25) is 4.79 Å². The molecule has 1 aromatic rings. The summed E-state index contributed by atoms with van der Waals surface area (Å²) in [6, 6.07) is 7.87. The number of nitrogens with zero attached hydrogens (tertiary/aromatic N) is 1. The van der Waals surface area contributed by atoms with E-state index in [1.54, 1.807) is 0 Å². The number of carbonyl (C=O) groups is 1. The zero-order valence-electron chi connectivity index (χ0n) is 11.0. The summed E-state index contributed by atoms with van der Waals surface area (Å²) in [6.07, 6.45) is 0.551. The SMILES string of the molecule is CCN(CC)CCC(=O)Nc1ccc(C)cc1. The van der Waals surface area contributed by atoms with Crippen LogP contribution in [0.3, 0.4) is 0 Å². The van der Waals surface area contributed by atoms with E-state index in [-0.39, 0.29) is 5.91 Å². The molecule has 1 aromatic carbocycles. The van der Waals surface area contributed by atoms with Gasteiger partial charge < -0.3 is 10.2 Å². The topological polar surface area (TPSA) is 32.3 Å². The molecule has 17 heavy (non-hydrogen) atoms. The second-order valence-corrected chi connectivity index (χ2v) is 4.19. The molecule has 0 aromatic heterocycles. The van der Waals surface area contributed by atoms with Gasteiger partial charge in [0.05, 0.1) is 0 Å². The smallest absolute Gasteiger partial charge is 0.225 e. The van der Waals surface area contributed by atoms with Crippen molar-refractivity contribution < 1.29 is 4.79 Å². The fraction of sp³-hybridized carbons (Fsp3) is 0.500. The molecule has 0 aliphatic carbocycles. The number of hydrogen-bond acceptors (Lipinski definition) is 2. The minimum absolute atomic E-state index is 0.0840. The standard InChI is InChI=1S/C14H22N2O/c1-4-16(5-2)11-10-14(17)15-13-8-6-12(3)7-9-13/h6-9H,4-5,10-11H2,1-3H3,(H,15,17). The Labute approximate surface area is 104 Å². The molecule has 0 aliphatic heterocycles. The molecule has 0 heterocycles. The molecular formula is C14H22N2O. The van der Waals surface area contributed by atoms with Crippen LogP contribution in [0.4, 0.5) is 5.69 Å². The van der Waals surface area contributed by atoms with Gasteiger partial charge in [-0.25, -0.2) is 0 Å². The lowest BCUT2D eigenvalue weighted by molar-refractivity contribution is -0.116. The molecule has 1 N–H and O–H groups in total. The van der Waals surface area contributed by atoms with Crippen molar-refractivity contribution in [3.63, 3.8) is 0 Å². The van der Waals surface area contributed by atoms with E-state index in [0.717, 1.165) is 25.3 Å². The van der Waals surface area contributed by atoms with Crippen molar-refractivity contribution in [3.8, 4) is 0 Å². The van der Waals surface area contributed by atoms with Gasteiger partial charge >= 0.3 is 0 Å². The summed E-state index contributed by atoms with van der Waals surface area (Å²) in [6.45, 7) is 9.07. The third-order valence-electron chi connectivity index (χ3n) is 2.88. The molecule has 0 saturated carbocycles. The maximum absolute atomic E-state index is 11.7. The molecule has 1 rings (SSSR count). The molecule has 0 fully saturated rings. The lowest BCUT2D eigenvalue weighted by atomic mass is 10.2. The first-order chi connectivity index (χ1) is 8.15. The van der Waals surface area contributed by atoms with Gasteiger partial charge in [0.2, 0.25) is 5.91 Å². The van der Waals surface area contributed by atoms with Gasteiger partial charge in [-0.05, 0) is 32.1 Å². The Morgan fingerprint density at radius 2 is 1.76 bits per heavy atom. The van der Waals surface area contributed by atoms with Crippen LogP contribution in [-0.4, -0.2) is 30.4 Å². The highest BCUT2D eigenvalue weighted by atomic mass is 16.1. The van der Waals surface area contributed by atoms with Gasteiger partial charge in [0, 0.05) is 18.7 Å². The normalized spacial score (nSPS) is 10.6. The number of anilines is 1. The number of hydrogen-bond donors (Lipinski definition) is 1. The maximum Gasteiger partial charge on any atom is 0.225 e. The van der Waals surface area contributed by atoms with Gasteiger partial charge in [0.1, 0.15) is 0 Å². The van der Waals surface area contributed by atoms with Gasteiger partial charge in [-0.15, -0.1) is 0 Å². The average molecular weight is 234 g/mol. The summed E-state index contributed by atoms with van der Waals surface area (Å²) in [5, 5.41) is 2.91. The van der Waals surface area contributed by atoms with Crippen LogP contribution in [-0.2, 0) is 4.79 Å². The van der Waals surface area contributed by atoms with E-state index in [1.807, 2.05) is 31.2 Å². The van der Waals surface area contributed by atoms with Crippen LogP contribution >= 0.6 is 0 Å². The largest absolute Gasteiger partial charge is 0.326 e. The molecular weight excluding hydrogens is 212 g/mol. The number of benzene rings is 1. The van der Waals surface area contributed by atoms with E-state index < -0.39 is 0 Å². The van der Waals surface area contributed by atoms with E-state index in [1.165, 1.54) is 5.56 Å². The van der Waals surface area contributed by atoms with E-state index >= 15 is 0 Å². The number of rotatable bonds is 6. The highest BCUT2D eigenvalue weighted by Crippen LogP contribution is 2.08. The number of nitrogens with one attached hydrogen (secondary N) is 1. The first-order valence-corrected chi connectivity index (χ1v) is 6.24. The molecule has 3 heteroatoms. The summed E-state index contributed by atoms with van der Waals surface area (Å²) < 4.78 is 0. The van der Waals surface area contributed by atoms with Crippen LogP contribution in [0.25, 0.3) is 0 Å². The minimum Gasteiger partial charge on any atom is -0.326 e.